The van der Waals surface area contributed by atoms with E-state index in [2.05, 4.69) is 11.4 Å². The van der Waals surface area contributed by atoms with Gasteiger partial charge in [0.15, 0.2) is 0 Å². The third-order valence-corrected chi connectivity index (χ3v) is 1.80. The average Bonchev–Trinajstić information content (AvgIpc) is 2.11. The first-order chi connectivity index (χ1) is 5.70. The standard InChI is InChI=1S/C9H18N2O/c1-3-9(12)4-5-11-7-8(2)6-10/h8-9,11-12H,3-5,7H2,1-2H3. The van der Waals surface area contributed by atoms with Crippen molar-refractivity contribution >= 4 is 0 Å². The molecule has 0 spiro atoms. The summed E-state index contributed by atoms with van der Waals surface area (Å²) in [6.45, 7) is 5.35. The number of aliphatic hydroxyl groups excluding tert-OH is 1. The van der Waals surface area contributed by atoms with Gasteiger partial charge in [0.2, 0.25) is 0 Å². The molecular formula is C9H18N2O. The zero-order valence-corrected chi connectivity index (χ0v) is 7.88. The Labute approximate surface area is 74.4 Å². The van der Waals surface area contributed by atoms with Gasteiger partial charge < -0.3 is 10.4 Å². The molecule has 0 saturated heterocycles. The SMILES string of the molecule is CCC(O)CCNCC(C)C#N. The van der Waals surface area contributed by atoms with Crippen molar-refractivity contribution in [2.45, 2.75) is 32.8 Å². The Hall–Kier alpha value is -0.590. The maximum atomic E-state index is 9.18. The number of aliphatic hydroxyl groups is 1. The van der Waals surface area contributed by atoms with E-state index in [1.54, 1.807) is 0 Å². The molecule has 3 nitrogen and oxygen atoms in total. The summed E-state index contributed by atoms with van der Waals surface area (Å²) < 4.78 is 0. The molecule has 0 aromatic heterocycles. The topological polar surface area (TPSA) is 56.0 Å². The Kier molecular flexibility index (Phi) is 6.73. The smallest absolute Gasteiger partial charge is 0.0666 e. The monoisotopic (exact) mass is 170 g/mol. The van der Waals surface area contributed by atoms with Gasteiger partial charge in [-0.25, -0.2) is 0 Å². The Bertz CT molecular complexity index is 142. The predicted octanol–water partition coefficient (Wildman–Crippen LogP) is 0.897. The summed E-state index contributed by atoms with van der Waals surface area (Å²) in [6.07, 6.45) is 1.37. The van der Waals surface area contributed by atoms with Gasteiger partial charge in [-0.15, -0.1) is 0 Å². The maximum absolute atomic E-state index is 9.18. The molecule has 0 aliphatic rings. The van der Waals surface area contributed by atoms with Crippen molar-refractivity contribution in [2.75, 3.05) is 13.1 Å². The lowest BCUT2D eigenvalue weighted by Crippen LogP contribution is -2.24. The van der Waals surface area contributed by atoms with Crippen molar-refractivity contribution < 1.29 is 5.11 Å². The van der Waals surface area contributed by atoms with E-state index in [0.29, 0.717) is 6.54 Å². The van der Waals surface area contributed by atoms with E-state index in [-0.39, 0.29) is 12.0 Å². The van der Waals surface area contributed by atoms with Crippen LogP contribution < -0.4 is 5.32 Å². The molecule has 0 radical (unpaired) electrons. The molecule has 70 valence electrons. The molecule has 0 fully saturated rings. The van der Waals surface area contributed by atoms with E-state index in [0.717, 1.165) is 19.4 Å². The van der Waals surface area contributed by atoms with Gasteiger partial charge in [-0.2, -0.15) is 5.26 Å². The van der Waals surface area contributed by atoms with Crippen LogP contribution in [-0.4, -0.2) is 24.3 Å². The maximum Gasteiger partial charge on any atom is 0.0666 e. The van der Waals surface area contributed by atoms with Crippen molar-refractivity contribution in [2.24, 2.45) is 5.92 Å². The zero-order valence-electron chi connectivity index (χ0n) is 7.88. The van der Waals surface area contributed by atoms with Gasteiger partial charge in [0, 0.05) is 6.54 Å². The van der Waals surface area contributed by atoms with Crippen LogP contribution in [0.15, 0.2) is 0 Å². The lowest BCUT2D eigenvalue weighted by Gasteiger charge is -2.08. The summed E-state index contributed by atoms with van der Waals surface area (Å²) in [5.74, 6) is 0.0590. The summed E-state index contributed by atoms with van der Waals surface area (Å²) in [5.41, 5.74) is 0. The second-order valence-corrected chi connectivity index (χ2v) is 3.09. The van der Waals surface area contributed by atoms with Crippen molar-refractivity contribution in [3.63, 3.8) is 0 Å². The van der Waals surface area contributed by atoms with Gasteiger partial charge in [-0.3, -0.25) is 0 Å². The van der Waals surface area contributed by atoms with Gasteiger partial charge in [-0.05, 0) is 26.3 Å². The highest BCUT2D eigenvalue weighted by Crippen LogP contribution is 1.95. The minimum Gasteiger partial charge on any atom is -0.393 e. The Balaban J connectivity index is 3.17. The highest BCUT2D eigenvalue weighted by atomic mass is 16.3. The number of rotatable bonds is 6. The number of hydrogen-bond donors (Lipinski definition) is 2. The molecule has 2 atom stereocenters. The summed E-state index contributed by atoms with van der Waals surface area (Å²) in [6, 6.07) is 2.14. The van der Waals surface area contributed by atoms with Crippen LogP contribution in [0.1, 0.15) is 26.7 Å². The van der Waals surface area contributed by atoms with Crippen LogP contribution >= 0.6 is 0 Å². The number of hydrogen-bond acceptors (Lipinski definition) is 3. The van der Waals surface area contributed by atoms with Gasteiger partial charge in [0.05, 0.1) is 18.1 Å². The third-order valence-electron chi connectivity index (χ3n) is 1.80. The van der Waals surface area contributed by atoms with Crippen LogP contribution in [0.3, 0.4) is 0 Å². The summed E-state index contributed by atoms with van der Waals surface area (Å²) in [4.78, 5) is 0. The molecule has 0 saturated carbocycles. The van der Waals surface area contributed by atoms with E-state index >= 15 is 0 Å². The molecule has 0 amide bonds. The Morgan fingerprint density at radius 2 is 2.25 bits per heavy atom. The summed E-state index contributed by atoms with van der Waals surface area (Å²) >= 11 is 0. The van der Waals surface area contributed by atoms with Crippen molar-refractivity contribution in [1.29, 1.82) is 5.26 Å². The second-order valence-electron chi connectivity index (χ2n) is 3.09. The Morgan fingerprint density at radius 3 is 2.75 bits per heavy atom. The van der Waals surface area contributed by atoms with E-state index in [9.17, 15) is 5.11 Å². The van der Waals surface area contributed by atoms with Gasteiger partial charge in [0.1, 0.15) is 0 Å². The van der Waals surface area contributed by atoms with E-state index < -0.39 is 0 Å². The van der Waals surface area contributed by atoms with E-state index in [1.165, 1.54) is 0 Å². The average molecular weight is 170 g/mol. The van der Waals surface area contributed by atoms with E-state index in [4.69, 9.17) is 5.26 Å². The van der Waals surface area contributed by atoms with E-state index in [1.807, 2.05) is 13.8 Å². The molecule has 2 N–H and O–H groups in total. The fourth-order valence-corrected chi connectivity index (χ4v) is 0.837. The summed E-state index contributed by atoms with van der Waals surface area (Å²) in [7, 11) is 0. The molecular weight excluding hydrogens is 152 g/mol. The van der Waals surface area contributed by atoms with Gasteiger partial charge in [0.25, 0.3) is 0 Å². The molecule has 0 heterocycles. The molecule has 0 aliphatic heterocycles. The molecule has 0 rings (SSSR count). The molecule has 0 aliphatic carbocycles. The normalized spacial score (nSPS) is 15.2. The minimum atomic E-state index is -0.199. The van der Waals surface area contributed by atoms with Gasteiger partial charge in [-0.1, -0.05) is 6.92 Å². The highest BCUT2D eigenvalue weighted by Gasteiger charge is 2.01. The van der Waals surface area contributed by atoms with Crippen LogP contribution in [-0.2, 0) is 0 Å². The van der Waals surface area contributed by atoms with Gasteiger partial charge >= 0.3 is 0 Å². The molecule has 2 unspecified atom stereocenters. The lowest BCUT2D eigenvalue weighted by molar-refractivity contribution is 0.159. The number of nitriles is 1. The predicted molar refractivity (Wildman–Crippen MR) is 48.6 cm³/mol. The van der Waals surface area contributed by atoms with Crippen LogP contribution in [0.4, 0.5) is 0 Å². The molecule has 0 aromatic rings. The minimum absolute atomic E-state index is 0.0590. The Morgan fingerprint density at radius 1 is 1.58 bits per heavy atom. The molecule has 0 bridgehead atoms. The first kappa shape index (κ1) is 11.4. The highest BCUT2D eigenvalue weighted by molar-refractivity contribution is 4.79. The first-order valence-corrected chi connectivity index (χ1v) is 4.49. The molecule has 0 aromatic carbocycles. The lowest BCUT2D eigenvalue weighted by atomic mass is 10.2. The van der Waals surface area contributed by atoms with Crippen LogP contribution in [0.2, 0.25) is 0 Å². The van der Waals surface area contributed by atoms with Crippen LogP contribution in [0.5, 0.6) is 0 Å². The first-order valence-electron chi connectivity index (χ1n) is 4.49. The zero-order chi connectivity index (χ0) is 9.40. The molecule has 3 heteroatoms. The number of nitrogens with one attached hydrogen (secondary N) is 1. The number of nitrogens with zero attached hydrogens (tertiary/aromatic N) is 1. The van der Waals surface area contributed by atoms with Crippen molar-refractivity contribution in [3.05, 3.63) is 0 Å². The van der Waals surface area contributed by atoms with Crippen LogP contribution in [0, 0.1) is 17.2 Å². The van der Waals surface area contributed by atoms with Crippen molar-refractivity contribution in [1.82, 2.24) is 5.32 Å². The summed E-state index contributed by atoms with van der Waals surface area (Å²) in [5, 5.41) is 20.7. The molecule has 12 heavy (non-hydrogen) atoms. The fraction of sp³-hybridized carbons (Fsp3) is 0.889. The largest absolute Gasteiger partial charge is 0.393 e. The van der Waals surface area contributed by atoms with Crippen LogP contribution in [0.25, 0.3) is 0 Å². The van der Waals surface area contributed by atoms with Crippen molar-refractivity contribution in [3.8, 4) is 6.07 Å². The second kappa shape index (κ2) is 7.08. The third kappa shape index (κ3) is 6.14. The quantitative estimate of drug-likeness (QED) is 0.582. The fourth-order valence-electron chi connectivity index (χ4n) is 0.837.